The normalized spacial score (nSPS) is 32.4. The second kappa shape index (κ2) is 3.96. The average molecular weight is 202 g/mol. The number of aliphatic hydroxyl groups is 1. The van der Waals surface area contributed by atoms with Gasteiger partial charge in [0.25, 0.3) is 0 Å². The number of carboxylic acids is 1. The van der Waals surface area contributed by atoms with Gasteiger partial charge in [-0.15, -0.1) is 0 Å². The van der Waals surface area contributed by atoms with Crippen LogP contribution in [0.1, 0.15) is 32.6 Å². The smallest absolute Gasteiger partial charge is 0.308 e. The van der Waals surface area contributed by atoms with Gasteiger partial charge in [0.1, 0.15) is 6.10 Å². The van der Waals surface area contributed by atoms with Gasteiger partial charge in [0, 0.05) is 12.8 Å². The fraction of sp³-hybridized carbons (Fsp3) is 0.778. The maximum atomic E-state index is 11.0. The largest absolute Gasteiger partial charge is 0.481 e. The molecular weight excluding hydrogens is 188 g/mol. The molecule has 14 heavy (non-hydrogen) atoms. The number of carbonyl (C=O) groups excluding carboxylic acids is 1. The molecule has 0 saturated carbocycles. The first-order chi connectivity index (χ1) is 6.39. The molecule has 0 bridgehead atoms. The minimum atomic E-state index is -1.06. The van der Waals surface area contributed by atoms with E-state index in [1.807, 2.05) is 0 Å². The van der Waals surface area contributed by atoms with Gasteiger partial charge in [-0.25, -0.2) is 0 Å². The molecule has 0 aromatic rings. The van der Waals surface area contributed by atoms with Crippen molar-refractivity contribution in [1.82, 2.24) is 0 Å². The Labute approximate surface area is 81.7 Å². The monoisotopic (exact) mass is 202 g/mol. The number of esters is 1. The van der Waals surface area contributed by atoms with Crippen LogP contribution in [-0.2, 0) is 14.3 Å². The van der Waals surface area contributed by atoms with Crippen LogP contribution in [0.2, 0.25) is 0 Å². The highest BCUT2D eigenvalue weighted by atomic mass is 16.5. The van der Waals surface area contributed by atoms with Crippen molar-refractivity contribution in [3.63, 3.8) is 0 Å². The van der Waals surface area contributed by atoms with Gasteiger partial charge in [-0.2, -0.15) is 0 Å². The molecule has 0 amide bonds. The maximum Gasteiger partial charge on any atom is 0.308 e. The zero-order valence-electron chi connectivity index (χ0n) is 8.02. The first-order valence-corrected chi connectivity index (χ1v) is 4.53. The van der Waals surface area contributed by atoms with E-state index in [0.29, 0.717) is 6.42 Å². The van der Waals surface area contributed by atoms with Crippen LogP contribution in [0.3, 0.4) is 0 Å². The van der Waals surface area contributed by atoms with Crippen molar-refractivity contribution in [3.8, 4) is 0 Å². The zero-order chi connectivity index (χ0) is 10.8. The number of hydrogen-bond acceptors (Lipinski definition) is 4. The zero-order valence-corrected chi connectivity index (χ0v) is 8.02. The third-order valence-electron chi connectivity index (χ3n) is 2.17. The van der Waals surface area contributed by atoms with Gasteiger partial charge in [-0.05, 0) is 13.3 Å². The average Bonchev–Trinajstić information content (AvgIpc) is 1.96. The van der Waals surface area contributed by atoms with E-state index in [9.17, 15) is 14.7 Å². The molecule has 1 heterocycles. The van der Waals surface area contributed by atoms with Crippen molar-refractivity contribution >= 4 is 11.9 Å². The summed E-state index contributed by atoms with van der Waals surface area (Å²) in [5.74, 6) is -1.39. The Kier molecular flexibility index (Phi) is 3.10. The second-order valence-corrected chi connectivity index (χ2v) is 3.92. The number of rotatable bonds is 3. The Morgan fingerprint density at radius 2 is 2.36 bits per heavy atom. The number of hydrogen-bond donors (Lipinski definition) is 2. The topological polar surface area (TPSA) is 83.8 Å². The number of carbonyl (C=O) groups is 2. The van der Waals surface area contributed by atoms with E-state index < -0.39 is 23.6 Å². The lowest BCUT2D eigenvalue weighted by molar-refractivity contribution is -0.169. The summed E-state index contributed by atoms with van der Waals surface area (Å²) in [6.45, 7) is 1.56. The Bertz CT molecular complexity index is 246. The van der Waals surface area contributed by atoms with Gasteiger partial charge in [0.15, 0.2) is 0 Å². The summed E-state index contributed by atoms with van der Waals surface area (Å²) in [6, 6.07) is 0. The van der Waals surface area contributed by atoms with E-state index in [1.54, 1.807) is 6.92 Å². The first kappa shape index (κ1) is 11.0. The van der Waals surface area contributed by atoms with Crippen molar-refractivity contribution in [3.05, 3.63) is 0 Å². The van der Waals surface area contributed by atoms with Crippen LogP contribution >= 0.6 is 0 Å². The first-order valence-electron chi connectivity index (χ1n) is 4.53. The van der Waals surface area contributed by atoms with Crippen LogP contribution in [-0.4, -0.2) is 33.9 Å². The van der Waals surface area contributed by atoms with Crippen molar-refractivity contribution in [2.24, 2.45) is 0 Å². The molecule has 1 rings (SSSR count). The minimum absolute atomic E-state index is 0.0173. The van der Waals surface area contributed by atoms with E-state index in [1.165, 1.54) is 0 Å². The molecular formula is C9H14O5. The summed E-state index contributed by atoms with van der Waals surface area (Å²) in [5, 5.41) is 18.1. The predicted molar refractivity (Wildman–Crippen MR) is 46.6 cm³/mol. The van der Waals surface area contributed by atoms with Crippen molar-refractivity contribution in [2.75, 3.05) is 0 Å². The summed E-state index contributed by atoms with van der Waals surface area (Å²) in [6.07, 6.45) is 0.0377. The van der Waals surface area contributed by atoms with Crippen LogP contribution in [0.5, 0.6) is 0 Å². The van der Waals surface area contributed by atoms with Gasteiger partial charge in [0.2, 0.25) is 0 Å². The van der Waals surface area contributed by atoms with Gasteiger partial charge in [-0.3, -0.25) is 9.59 Å². The van der Waals surface area contributed by atoms with Crippen LogP contribution in [0, 0.1) is 0 Å². The Balaban J connectivity index is 2.46. The van der Waals surface area contributed by atoms with Crippen molar-refractivity contribution < 1.29 is 24.5 Å². The third-order valence-corrected chi connectivity index (χ3v) is 2.17. The van der Waals surface area contributed by atoms with Crippen LogP contribution in [0.4, 0.5) is 0 Å². The molecule has 0 aromatic carbocycles. The fourth-order valence-corrected chi connectivity index (χ4v) is 1.59. The highest BCUT2D eigenvalue weighted by Crippen LogP contribution is 2.27. The highest BCUT2D eigenvalue weighted by Gasteiger charge is 2.36. The van der Waals surface area contributed by atoms with Crippen LogP contribution in [0.15, 0.2) is 0 Å². The molecule has 0 aromatic heterocycles. The SMILES string of the molecule is CC1(O)CC(=O)OC(CCC(=O)O)C1. The van der Waals surface area contributed by atoms with Gasteiger partial charge >= 0.3 is 11.9 Å². The number of carboxylic acid groups (broad SMARTS) is 1. The molecule has 1 saturated heterocycles. The molecule has 2 N–H and O–H groups in total. The van der Waals surface area contributed by atoms with Crippen molar-refractivity contribution in [2.45, 2.75) is 44.3 Å². The lowest BCUT2D eigenvalue weighted by atomic mass is 9.90. The Morgan fingerprint density at radius 1 is 1.71 bits per heavy atom. The number of cyclic esters (lactones) is 1. The standard InChI is InChI=1S/C9H14O5/c1-9(13)4-6(2-3-7(10)11)14-8(12)5-9/h6,13H,2-5H2,1H3,(H,10,11). The quantitative estimate of drug-likeness (QED) is 0.643. The van der Waals surface area contributed by atoms with E-state index in [2.05, 4.69) is 0 Å². The van der Waals surface area contributed by atoms with Crippen LogP contribution < -0.4 is 0 Å². The lowest BCUT2D eigenvalue weighted by Gasteiger charge is -2.32. The van der Waals surface area contributed by atoms with E-state index in [-0.39, 0.29) is 19.3 Å². The molecule has 5 heteroatoms. The Morgan fingerprint density at radius 3 is 2.86 bits per heavy atom. The van der Waals surface area contributed by atoms with Gasteiger partial charge < -0.3 is 14.9 Å². The minimum Gasteiger partial charge on any atom is -0.481 e. The maximum absolute atomic E-state index is 11.0. The molecule has 5 nitrogen and oxygen atoms in total. The molecule has 1 aliphatic heterocycles. The lowest BCUT2D eigenvalue weighted by Crippen LogP contribution is -2.41. The molecule has 1 aliphatic rings. The van der Waals surface area contributed by atoms with E-state index >= 15 is 0 Å². The molecule has 0 aliphatic carbocycles. The highest BCUT2D eigenvalue weighted by molar-refractivity contribution is 5.72. The van der Waals surface area contributed by atoms with Gasteiger partial charge in [0.05, 0.1) is 12.0 Å². The third kappa shape index (κ3) is 3.33. The second-order valence-electron chi connectivity index (χ2n) is 3.92. The molecule has 2 atom stereocenters. The summed E-state index contributed by atoms with van der Waals surface area (Å²) >= 11 is 0. The summed E-state index contributed by atoms with van der Waals surface area (Å²) in [5.41, 5.74) is -1.06. The Hall–Kier alpha value is -1.10. The number of aliphatic carboxylic acids is 1. The molecule has 1 fully saturated rings. The summed E-state index contributed by atoms with van der Waals surface area (Å²) in [7, 11) is 0. The fourth-order valence-electron chi connectivity index (χ4n) is 1.59. The summed E-state index contributed by atoms with van der Waals surface area (Å²) < 4.78 is 4.91. The molecule has 2 unspecified atom stereocenters. The predicted octanol–water partition coefficient (Wildman–Crippen LogP) is 0.308. The van der Waals surface area contributed by atoms with Crippen LogP contribution in [0.25, 0.3) is 0 Å². The molecule has 0 spiro atoms. The number of ether oxygens (including phenoxy) is 1. The van der Waals surface area contributed by atoms with Crippen molar-refractivity contribution in [1.29, 1.82) is 0 Å². The molecule has 80 valence electrons. The molecule has 0 radical (unpaired) electrons. The van der Waals surface area contributed by atoms with E-state index in [0.717, 1.165) is 0 Å². The van der Waals surface area contributed by atoms with E-state index in [4.69, 9.17) is 9.84 Å². The summed E-state index contributed by atoms with van der Waals surface area (Å²) in [4.78, 5) is 21.3. The van der Waals surface area contributed by atoms with Gasteiger partial charge in [-0.1, -0.05) is 0 Å².